The molecule has 3 heterocycles. The molecule has 3 aliphatic heterocycles. The van der Waals surface area contributed by atoms with Crippen molar-refractivity contribution in [2.24, 2.45) is 0 Å². The molecular weight excluding hydrogens is 382 g/mol. The Labute approximate surface area is 177 Å². The highest BCUT2D eigenvalue weighted by atomic mass is 32.2. The predicted molar refractivity (Wildman–Crippen MR) is 122 cm³/mol. The summed E-state index contributed by atoms with van der Waals surface area (Å²) >= 11 is 1.81. The van der Waals surface area contributed by atoms with Gasteiger partial charge in [-0.3, -0.25) is 0 Å². The molecule has 3 aliphatic rings. The van der Waals surface area contributed by atoms with E-state index in [9.17, 15) is 0 Å². The van der Waals surface area contributed by atoms with Crippen LogP contribution in [0.25, 0.3) is 0 Å². The predicted octanol–water partition coefficient (Wildman–Crippen LogP) is 2.41. The average Bonchev–Trinajstić information content (AvgIpc) is 2.81. The van der Waals surface area contributed by atoms with Crippen LogP contribution in [0.4, 0.5) is 17.1 Å². The van der Waals surface area contributed by atoms with Crippen molar-refractivity contribution in [3.8, 4) is 5.75 Å². The third-order valence-corrected chi connectivity index (χ3v) is 6.86. The molecule has 0 unspecified atom stereocenters. The van der Waals surface area contributed by atoms with Gasteiger partial charge in [-0.05, 0) is 54.4 Å². The lowest BCUT2D eigenvalue weighted by Crippen LogP contribution is -2.43. The van der Waals surface area contributed by atoms with Gasteiger partial charge in [0.15, 0.2) is 0 Å². The minimum Gasteiger partial charge on any atom is -0.489 e. The lowest BCUT2D eigenvalue weighted by atomic mass is 10.2. The summed E-state index contributed by atoms with van der Waals surface area (Å²) in [5.74, 6) is 0.986. The number of nitrogens with zero attached hydrogens (tertiary/aromatic N) is 3. The Morgan fingerprint density at radius 1 is 0.724 bits per heavy atom. The fraction of sp³-hybridized carbons (Fsp3) is 0.455. The van der Waals surface area contributed by atoms with Crippen molar-refractivity contribution in [3.05, 3.63) is 42.5 Å². The van der Waals surface area contributed by atoms with E-state index >= 15 is 0 Å². The first kappa shape index (κ1) is 18.9. The number of hydrogen-bond acceptors (Lipinski definition) is 7. The van der Waals surface area contributed by atoms with E-state index < -0.39 is 0 Å². The van der Waals surface area contributed by atoms with Crippen LogP contribution < -0.4 is 29.5 Å². The number of benzene rings is 2. The molecular formula is C22H29N5OS. The van der Waals surface area contributed by atoms with E-state index in [0.29, 0.717) is 0 Å². The monoisotopic (exact) mass is 411 g/mol. The topological polar surface area (TPSA) is 43.0 Å². The molecule has 0 atom stereocenters. The Hall–Kier alpha value is -2.09. The van der Waals surface area contributed by atoms with Crippen molar-refractivity contribution in [1.82, 2.24) is 10.6 Å². The van der Waals surface area contributed by atoms with Crippen molar-refractivity contribution in [3.63, 3.8) is 0 Å². The highest BCUT2D eigenvalue weighted by molar-refractivity contribution is 8.00. The van der Waals surface area contributed by atoms with Gasteiger partial charge in [-0.15, -0.1) is 0 Å². The van der Waals surface area contributed by atoms with Crippen LogP contribution in [0.1, 0.15) is 0 Å². The maximum Gasteiger partial charge on any atom is 0.143 e. The van der Waals surface area contributed by atoms with E-state index in [2.05, 4.69) is 67.2 Å². The van der Waals surface area contributed by atoms with Crippen LogP contribution in [0, 0.1) is 0 Å². The van der Waals surface area contributed by atoms with E-state index in [1.54, 1.807) is 0 Å². The molecule has 0 amide bonds. The van der Waals surface area contributed by atoms with E-state index in [0.717, 1.165) is 71.3 Å². The largest absolute Gasteiger partial charge is 0.489 e. The minimum absolute atomic E-state index is 0.728. The van der Waals surface area contributed by atoms with Gasteiger partial charge in [0.05, 0.1) is 12.2 Å². The summed E-state index contributed by atoms with van der Waals surface area (Å²) in [5.41, 5.74) is 3.79. The normalized spacial score (nSPS) is 19.7. The minimum atomic E-state index is 0.728. The van der Waals surface area contributed by atoms with Crippen molar-refractivity contribution >= 4 is 29.0 Å². The van der Waals surface area contributed by atoms with Crippen molar-refractivity contribution in [2.75, 3.05) is 79.6 Å². The number of piperazine rings is 2. The van der Waals surface area contributed by atoms with Gasteiger partial charge in [0.1, 0.15) is 12.4 Å². The fourth-order valence-electron chi connectivity index (χ4n) is 4.16. The molecule has 0 spiro atoms. The summed E-state index contributed by atoms with van der Waals surface area (Å²) in [6.45, 7) is 10.1. The molecule has 2 aromatic carbocycles. The Balaban J connectivity index is 1.32. The highest BCUT2D eigenvalue weighted by Gasteiger charge is 2.22. The smallest absolute Gasteiger partial charge is 0.143 e. The molecule has 2 N–H and O–H groups in total. The molecule has 2 aromatic rings. The molecule has 0 aromatic heterocycles. The summed E-state index contributed by atoms with van der Waals surface area (Å²) in [6.07, 6.45) is 0. The molecule has 154 valence electrons. The zero-order valence-electron chi connectivity index (χ0n) is 16.8. The molecule has 0 bridgehead atoms. The first-order valence-corrected chi connectivity index (χ1v) is 11.4. The van der Waals surface area contributed by atoms with Gasteiger partial charge in [-0.1, -0.05) is 0 Å². The van der Waals surface area contributed by atoms with Crippen LogP contribution in [0.15, 0.2) is 47.4 Å². The summed E-state index contributed by atoms with van der Waals surface area (Å²) in [4.78, 5) is 6.18. The van der Waals surface area contributed by atoms with Crippen LogP contribution in [0.2, 0.25) is 0 Å². The van der Waals surface area contributed by atoms with Crippen molar-refractivity contribution in [1.29, 1.82) is 0 Å². The second-order valence-corrected chi connectivity index (χ2v) is 8.76. The third-order valence-electron chi connectivity index (χ3n) is 5.78. The lowest BCUT2D eigenvalue weighted by molar-refractivity contribution is 0.317. The van der Waals surface area contributed by atoms with Crippen LogP contribution >= 0.6 is 11.9 Å². The van der Waals surface area contributed by atoms with Crippen LogP contribution in [0.3, 0.4) is 0 Å². The zero-order valence-corrected chi connectivity index (χ0v) is 17.6. The first-order valence-electron chi connectivity index (χ1n) is 10.6. The summed E-state index contributed by atoms with van der Waals surface area (Å²) < 4.78 is 8.31. The average molecular weight is 412 g/mol. The van der Waals surface area contributed by atoms with Gasteiger partial charge in [0.25, 0.3) is 0 Å². The first-order chi connectivity index (χ1) is 14.4. The van der Waals surface area contributed by atoms with Gasteiger partial charge in [0.2, 0.25) is 0 Å². The van der Waals surface area contributed by atoms with E-state index in [1.165, 1.54) is 22.0 Å². The van der Waals surface area contributed by atoms with Crippen molar-refractivity contribution in [2.45, 2.75) is 4.90 Å². The number of nitrogens with one attached hydrogen (secondary N) is 2. The maximum atomic E-state index is 5.93. The third kappa shape index (κ3) is 4.27. The van der Waals surface area contributed by atoms with Gasteiger partial charge in [-0.2, -0.15) is 0 Å². The molecule has 7 heteroatoms. The number of anilines is 3. The summed E-state index contributed by atoms with van der Waals surface area (Å²) in [6, 6.07) is 15.6. The molecule has 2 saturated heterocycles. The molecule has 6 nitrogen and oxygen atoms in total. The van der Waals surface area contributed by atoms with Crippen LogP contribution in [-0.2, 0) is 0 Å². The zero-order chi connectivity index (χ0) is 19.5. The lowest BCUT2D eigenvalue weighted by Gasteiger charge is -2.34. The standard InChI is InChI=1S/C22H29N5OS/c1-4-20(5-2-18(1)25-11-7-23-8-12-25)29-27-15-16-28-22-6-3-19(17-21(22)27)26-13-9-24-10-14-26/h1-6,17,23-24H,7-16H2. The number of rotatable bonds is 4. The van der Waals surface area contributed by atoms with Crippen LogP contribution in [0.5, 0.6) is 5.75 Å². The van der Waals surface area contributed by atoms with Gasteiger partial charge >= 0.3 is 0 Å². The van der Waals surface area contributed by atoms with Gasteiger partial charge in [0, 0.05) is 68.6 Å². The van der Waals surface area contributed by atoms with Crippen molar-refractivity contribution < 1.29 is 4.74 Å². The van der Waals surface area contributed by atoms with E-state index in [1.807, 2.05) is 11.9 Å². The SMILES string of the molecule is c1cc(N2CCNCC2)ccc1SN1CCOc2ccc(N3CCNCC3)cc21. The second kappa shape index (κ2) is 8.73. The molecule has 29 heavy (non-hydrogen) atoms. The molecule has 0 aliphatic carbocycles. The quantitative estimate of drug-likeness (QED) is 0.749. The molecule has 0 radical (unpaired) electrons. The Morgan fingerprint density at radius 3 is 2.03 bits per heavy atom. The van der Waals surface area contributed by atoms with Gasteiger partial charge in [-0.25, -0.2) is 0 Å². The maximum absolute atomic E-state index is 5.93. The highest BCUT2D eigenvalue weighted by Crippen LogP contribution is 2.40. The fourth-order valence-corrected chi connectivity index (χ4v) is 5.08. The number of fused-ring (bicyclic) bond motifs is 1. The summed E-state index contributed by atoms with van der Waals surface area (Å²) in [7, 11) is 0. The van der Waals surface area contributed by atoms with E-state index in [4.69, 9.17) is 4.74 Å². The Morgan fingerprint density at radius 2 is 1.34 bits per heavy atom. The Bertz CT molecular complexity index is 818. The summed E-state index contributed by atoms with van der Waals surface area (Å²) in [5, 5.41) is 6.84. The van der Waals surface area contributed by atoms with Crippen LogP contribution in [-0.4, -0.2) is 65.5 Å². The Kier molecular flexibility index (Phi) is 5.69. The number of hydrogen-bond donors (Lipinski definition) is 2. The number of ether oxygens (including phenoxy) is 1. The van der Waals surface area contributed by atoms with Gasteiger partial charge < -0.3 is 29.5 Å². The van der Waals surface area contributed by atoms with E-state index in [-0.39, 0.29) is 0 Å². The molecule has 5 rings (SSSR count). The molecule has 0 saturated carbocycles. The molecule has 2 fully saturated rings. The second-order valence-electron chi connectivity index (χ2n) is 7.66.